The number of carbonyl (C=O) groups excluding carboxylic acids is 1. The van der Waals surface area contributed by atoms with E-state index in [4.69, 9.17) is 11.6 Å². The van der Waals surface area contributed by atoms with Crippen LogP contribution in [0.15, 0.2) is 46.9 Å². The van der Waals surface area contributed by atoms with Gasteiger partial charge in [-0.2, -0.15) is 0 Å². The molecule has 110 valence electrons. The number of anilines is 1. The fourth-order valence-electron chi connectivity index (χ4n) is 1.96. The Morgan fingerprint density at radius 3 is 2.71 bits per heavy atom. The van der Waals surface area contributed by atoms with Gasteiger partial charge in [0.1, 0.15) is 0 Å². The average Bonchev–Trinajstić information content (AvgIpc) is 2.49. The summed E-state index contributed by atoms with van der Waals surface area (Å²) in [5.41, 5.74) is 3.01. The average molecular weight is 368 g/mol. The van der Waals surface area contributed by atoms with E-state index in [9.17, 15) is 4.79 Å². The second kappa shape index (κ2) is 7.48. The number of rotatable bonds is 5. The van der Waals surface area contributed by atoms with Crippen molar-refractivity contribution in [2.24, 2.45) is 0 Å². The van der Waals surface area contributed by atoms with Gasteiger partial charge in [-0.15, -0.1) is 0 Å². The van der Waals surface area contributed by atoms with Crippen molar-refractivity contribution in [3.63, 3.8) is 0 Å². The van der Waals surface area contributed by atoms with E-state index < -0.39 is 0 Å². The maximum atomic E-state index is 11.5. The molecule has 0 atom stereocenters. The lowest BCUT2D eigenvalue weighted by Gasteiger charge is -2.12. The van der Waals surface area contributed by atoms with E-state index in [1.165, 1.54) is 0 Å². The minimum Gasteiger partial charge on any atom is -0.381 e. The SMILES string of the molecule is CNC(=O)Cc1ccccc1NCc1ccc(Br)c(Cl)c1. The molecule has 0 saturated heterocycles. The second-order valence-corrected chi connectivity index (χ2v) is 5.87. The lowest BCUT2D eigenvalue weighted by Crippen LogP contribution is -2.20. The van der Waals surface area contributed by atoms with Crippen LogP contribution in [0.3, 0.4) is 0 Å². The summed E-state index contributed by atoms with van der Waals surface area (Å²) in [6.45, 7) is 0.651. The minimum atomic E-state index is -0.00376. The molecule has 0 bridgehead atoms. The van der Waals surface area contributed by atoms with Crippen molar-refractivity contribution in [1.29, 1.82) is 0 Å². The quantitative estimate of drug-likeness (QED) is 0.838. The molecule has 2 N–H and O–H groups in total. The van der Waals surface area contributed by atoms with Crippen LogP contribution >= 0.6 is 27.5 Å². The van der Waals surface area contributed by atoms with Crippen LogP contribution in [0.25, 0.3) is 0 Å². The van der Waals surface area contributed by atoms with Gasteiger partial charge in [0.05, 0.1) is 11.4 Å². The number of halogens is 2. The van der Waals surface area contributed by atoms with E-state index >= 15 is 0 Å². The summed E-state index contributed by atoms with van der Waals surface area (Å²) in [5.74, 6) is -0.00376. The Morgan fingerprint density at radius 1 is 1.24 bits per heavy atom. The summed E-state index contributed by atoms with van der Waals surface area (Å²) < 4.78 is 0.882. The fraction of sp³-hybridized carbons (Fsp3) is 0.188. The Morgan fingerprint density at radius 2 is 2.00 bits per heavy atom. The summed E-state index contributed by atoms with van der Waals surface area (Å²) in [6.07, 6.45) is 0.362. The molecule has 0 radical (unpaired) electrons. The highest BCUT2D eigenvalue weighted by Crippen LogP contribution is 2.24. The van der Waals surface area contributed by atoms with Crippen LogP contribution in [0.4, 0.5) is 5.69 Å². The van der Waals surface area contributed by atoms with E-state index in [0.29, 0.717) is 18.0 Å². The van der Waals surface area contributed by atoms with E-state index in [0.717, 1.165) is 21.3 Å². The number of amides is 1. The molecule has 3 nitrogen and oxygen atoms in total. The molecule has 0 unspecified atom stereocenters. The van der Waals surface area contributed by atoms with Crippen molar-refractivity contribution in [3.8, 4) is 0 Å². The topological polar surface area (TPSA) is 41.1 Å². The Bertz CT molecular complexity index is 646. The molecule has 0 aliphatic rings. The zero-order valence-corrected chi connectivity index (χ0v) is 14.0. The molecule has 2 aromatic carbocycles. The lowest BCUT2D eigenvalue weighted by atomic mass is 10.1. The number of para-hydroxylation sites is 1. The Labute approximate surface area is 137 Å². The molecular formula is C16H16BrClN2O. The largest absolute Gasteiger partial charge is 0.381 e. The van der Waals surface area contributed by atoms with Gasteiger partial charge in [-0.1, -0.05) is 35.9 Å². The van der Waals surface area contributed by atoms with Crippen molar-refractivity contribution in [1.82, 2.24) is 5.32 Å². The first-order valence-corrected chi connectivity index (χ1v) is 7.73. The molecule has 0 heterocycles. The van der Waals surface area contributed by atoms with Crippen LogP contribution < -0.4 is 10.6 Å². The first-order valence-electron chi connectivity index (χ1n) is 6.56. The highest BCUT2D eigenvalue weighted by molar-refractivity contribution is 9.10. The maximum Gasteiger partial charge on any atom is 0.224 e. The number of likely N-dealkylation sites (N-methyl/N-ethyl adjacent to an activating group) is 1. The van der Waals surface area contributed by atoms with E-state index in [-0.39, 0.29) is 5.91 Å². The molecule has 5 heteroatoms. The van der Waals surface area contributed by atoms with Crippen LogP contribution in [-0.2, 0) is 17.8 Å². The highest BCUT2D eigenvalue weighted by atomic mass is 79.9. The molecule has 0 aliphatic carbocycles. The van der Waals surface area contributed by atoms with Gasteiger partial charge in [-0.05, 0) is 45.3 Å². The number of carbonyl (C=O) groups is 1. The van der Waals surface area contributed by atoms with E-state index in [1.54, 1.807) is 7.05 Å². The van der Waals surface area contributed by atoms with Crippen LogP contribution in [0.1, 0.15) is 11.1 Å². The highest BCUT2D eigenvalue weighted by Gasteiger charge is 2.06. The van der Waals surface area contributed by atoms with Crippen molar-refractivity contribution < 1.29 is 4.79 Å². The third kappa shape index (κ3) is 4.48. The predicted octanol–water partition coefficient (Wildman–Crippen LogP) is 4.00. The number of hydrogen-bond donors (Lipinski definition) is 2. The van der Waals surface area contributed by atoms with Gasteiger partial charge in [0.15, 0.2) is 0 Å². The van der Waals surface area contributed by atoms with Crippen molar-refractivity contribution in [2.75, 3.05) is 12.4 Å². The first kappa shape index (κ1) is 15.9. The van der Waals surface area contributed by atoms with Gasteiger partial charge in [0.2, 0.25) is 5.91 Å². The molecule has 0 aromatic heterocycles. The van der Waals surface area contributed by atoms with Crippen LogP contribution in [-0.4, -0.2) is 13.0 Å². The van der Waals surface area contributed by atoms with Gasteiger partial charge in [0.25, 0.3) is 0 Å². The number of hydrogen-bond acceptors (Lipinski definition) is 2. The molecule has 0 fully saturated rings. The standard InChI is InChI=1S/C16H16BrClN2O/c1-19-16(21)9-12-4-2-3-5-15(12)20-10-11-6-7-13(17)14(18)8-11/h2-8,20H,9-10H2,1H3,(H,19,21). The fourth-order valence-corrected chi connectivity index (χ4v) is 2.40. The van der Waals surface area contributed by atoms with Crippen molar-refractivity contribution >= 4 is 39.1 Å². The Balaban J connectivity index is 2.09. The summed E-state index contributed by atoms with van der Waals surface area (Å²) in [7, 11) is 1.64. The molecule has 2 aromatic rings. The Kier molecular flexibility index (Phi) is 5.65. The first-order chi connectivity index (χ1) is 10.1. The molecule has 1 amide bonds. The zero-order chi connectivity index (χ0) is 15.2. The summed E-state index contributed by atoms with van der Waals surface area (Å²) in [6, 6.07) is 13.6. The van der Waals surface area contributed by atoms with E-state index in [2.05, 4.69) is 26.6 Å². The monoisotopic (exact) mass is 366 g/mol. The van der Waals surface area contributed by atoms with Gasteiger partial charge < -0.3 is 10.6 Å². The van der Waals surface area contributed by atoms with Crippen molar-refractivity contribution in [2.45, 2.75) is 13.0 Å². The number of benzene rings is 2. The second-order valence-electron chi connectivity index (χ2n) is 4.61. The predicted molar refractivity (Wildman–Crippen MR) is 90.7 cm³/mol. The molecule has 0 spiro atoms. The smallest absolute Gasteiger partial charge is 0.224 e. The van der Waals surface area contributed by atoms with Crippen molar-refractivity contribution in [3.05, 3.63) is 63.1 Å². The normalized spacial score (nSPS) is 10.2. The van der Waals surface area contributed by atoms with Crippen LogP contribution in [0.2, 0.25) is 5.02 Å². The van der Waals surface area contributed by atoms with Gasteiger partial charge >= 0.3 is 0 Å². The van der Waals surface area contributed by atoms with Crippen LogP contribution in [0, 0.1) is 0 Å². The minimum absolute atomic E-state index is 0.00376. The zero-order valence-electron chi connectivity index (χ0n) is 11.6. The third-order valence-corrected chi connectivity index (χ3v) is 4.35. The molecule has 2 rings (SSSR count). The molecule has 0 aliphatic heterocycles. The number of nitrogens with one attached hydrogen (secondary N) is 2. The van der Waals surface area contributed by atoms with E-state index in [1.807, 2.05) is 42.5 Å². The Hall–Kier alpha value is -1.52. The summed E-state index contributed by atoms with van der Waals surface area (Å²) in [5, 5.41) is 6.68. The van der Waals surface area contributed by atoms with Gasteiger partial charge in [0, 0.05) is 23.8 Å². The molecular weight excluding hydrogens is 352 g/mol. The lowest BCUT2D eigenvalue weighted by molar-refractivity contribution is -0.119. The van der Waals surface area contributed by atoms with Gasteiger partial charge in [-0.3, -0.25) is 4.79 Å². The van der Waals surface area contributed by atoms with Gasteiger partial charge in [-0.25, -0.2) is 0 Å². The molecule has 21 heavy (non-hydrogen) atoms. The molecule has 0 saturated carbocycles. The third-order valence-electron chi connectivity index (χ3n) is 3.11. The maximum absolute atomic E-state index is 11.5. The van der Waals surface area contributed by atoms with Crippen LogP contribution in [0.5, 0.6) is 0 Å². The summed E-state index contributed by atoms with van der Waals surface area (Å²) in [4.78, 5) is 11.5. The summed E-state index contributed by atoms with van der Waals surface area (Å²) >= 11 is 9.46.